The van der Waals surface area contributed by atoms with Crippen LogP contribution in [-0.4, -0.2) is 42.5 Å². The fraction of sp³-hybridized carbons (Fsp3) is 0.333. The predicted molar refractivity (Wildman–Crippen MR) is 102 cm³/mol. The van der Waals surface area contributed by atoms with Gasteiger partial charge in [0, 0.05) is 25.2 Å². The quantitative estimate of drug-likeness (QED) is 0.795. The zero-order chi connectivity index (χ0) is 19.1. The molecule has 1 N–H and O–H groups in total. The predicted octanol–water partition coefficient (Wildman–Crippen LogP) is 3.11. The lowest BCUT2D eigenvalue weighted by Gasteiger charge is -2.31. The van der Waals surface area contributed by atoms with E-state index in [0.717, 1.165) is 24.2 Å². The summed E-state index contributed by atoms with van der Waals surface area (Å²) in [6.45, 7) is 3.78. The SMILES string of the molecule is CCOc1ccc(/C=C/C(=O)NC2CCN(C(=O)c3ccco3)CC2)cc1. The van der Waals surface area contributed by atoms with Crippen LogP contribution in [0.25, 0.3) is 6.08 Å². The molecule has 1 fully saturated rings. The standard InChI is InChI=1S/C21H24N2O4/c1-2-26-18-8-5-16(6-9-18)7-10-20(24)22-17-11-13-23(14-12-17)21(25)19-4-3-15-27-19/h3-10,15,17H,2,11-14H2,1H3,(H,22,24)/b10-7+. The Hall–Kier alpha value is -3.02. The minimum Gasteiger partial charge on any atom is -0.494 e. The van der Waals surface area contributed by atoms with Gasteiger partial charge in [0.25, 0.3) is 5.91 Å². The second-order valence-corrected chi connectivity index (χ2v) is 6.39. The molecular weight excluding hydrogens is 344 g/mol. The molecule has 2 aromatic rings. The molecule has 3 rings (SSSR count). The first-order valence-corrected chi connectivity index (χ1v) is 9.20. The van der Waals surface area contributed by atoms with Crippen LogP contribution in [0.1, 0.15) is 35.9 Å². The Morgan fingerprint density at radius 2 is 1.96 bits per heavy atom. The van der Waals surface area contributed by atoms with Gasteiger partial charge in [-0.25, -0.2) is 0 Å². The van der Waals surface area contributed by atoms with Crippen molar-refractivity contribution in [1.29, 1.82) is 0 Å². The van der Waals surface area contributed by atoms with E-state index in [0.29, 0.717) is 25.5 Å². The summed E-state index contributed by atoms with van der Waals surface area (Å²) in [6.07, 6.45) is 6.28. The molecule has 0 atom stereocenters. The Kier molecular flexibility index (Phi) is 6.30. The van der Waals surface area contributed by atoms with E-state index in [1.54, 1.807) is 23.1 Å². The van der Waals surface area contributed by atoms with Crippen molar-refractivity contribution in [3.8, 4) is 5.75 Å². The topological polar surface area (TPSA) is 71.8 Å². The second kappa shape index (κ2) is 9.07. The smallest absolute Gasteiger partial charge is 0.289 e. The van der Waals surface area contributed by atoms with E-state index in [1.807, 2.05) is 31.2 Å². The summed E-state index contributed by atoms with van der Waals surface area (Å²) in [4.78, 5) is 26.1. The number of hydrogen-bond acceptors (Lipinski definition) is 4. The normalized spacial score (nSPS) is 15.1. The second-order valence-electron chi connectivity index (χ2n) is 6.39. The summed E-state index contributed by atoms with van der Waals surface area (Å²) in [6, 6.07) is 11.0. The van der Waals surface area contributed by atoms with Gasteiger partial charge in [0.1, 0.15) is 5.75 Å². The van der Waals surface area contributed by atoms with Crippen LogP contribution in [0.15, 0.2) is 53.2 Å². The van der Waals surface area contributed by atoms with Crippen molar-refractivity contribution in [1.82, 2.24) is 10.2 Å². The number of amides is 2. The monoisotopic (exact) mass is 368 g/mol. The van der Waals surface area contributed by atoms with Crippen LogP contribution in [0, 0.1) is 0 Å². The van der Waals surface area contributed by atoms with Crippen LogP contribution in [0.3, 0.4) is 0 Å². The van der Waals surface area contributed by atoms with Crippen LogP contribution in [0.5, 0.6) is 5.75 Å². The number of nitrogens with one attached hydrogen (secondary N) is 1. The highest BCUT2D eigenvalue weighted by molar-refractivity contribution is 5.92. The zero-order valence-corrected chi connectivity index (χ0v) is 15.4. The summed E-state index contributed by atoms with van der Waals surface area (Å²) < 4.78 is 10.6. The average molecular weight is 368 g/mol. The molecule has 0 bridgehead atoms. The van der Waals surface area contributed by atoms with Crippen LogP contribution >= 0.6 is 0 Å². The highest BCUT2D eigenvalue weighted by Crippen LogP contribution is 2.15. The number of nitrogens with zero attached hydrogens (tertiary/aromatic N) is 1. The molecule has 1 aromatic heterocycles. The summed E-state index contributed by atoms with van der Waals surface area (Å²) in [5, 5.41) is 3.00. The van der Waals surface area contributed by atoms with Crippen molar-refractivity contribution < 1.29 is 18.7 Å². The lowest BCUT2D eigenvalue weighted by Crippen LogP contribution is -2.46. The summed E-state index contributed by atoms with van der Waals surface area (Å²) in [5.41, 5.74) is 0.937. The van der Waals surface area contributed by atoms with Gasteiger partial charge in [0.15, 0.2) is 5.76 Å². The molecule has 0 aliphatic carbocycles. The van der Waals surface area contributed by atoms with Crippen molar-refractivity contribution in [2.75, 3.05) is 19.7 Å². The molecule has 1 aromatic carbocycles. The molecule has 1 aliphatic heterocycles. The molecule has 2 heterocycles. The summed E-state index contributed by atoms with van der Waals surface area (Å²) in [5.74, 6) is 0.950. The van der Waals surface area contributed by atoms with Crippen molar-refractivity contribution in [2.45, 2.75) is 25.8 Å². The molecule has 0 spiro atoms. The Labute approximate surface area is 158 Å². The lowest BCUT2D eigenvalue weighted by molar-refractivity contribution is -0.117. The molecule has 0 radical (unpaired) electrons. The molecule has 6 heteroatoms. The van der Waals surface area contributed by atoms with Gasteiger partial charge in [-0.2, -0.15) is 0 Å². The number of ether oxygens (including phenoxy) is 1. The number of likely N-dealkylation sites (tertiary alicyclic amines) is 1. The van der Waals surface area contributed by atoms with Gasteiger partial charge < -0.3 is 19.4 Å². The van der Waals surface area contributed by atoms with E-state index in [1.165, 1.54) is 12.3 Å². The first-order valence-electron chi connectivity index (χ1n) is 9.20. The fourth-order valence-corrected chi connectivity index (χ4v) is 3.05. The van der Waals surface area contributed by atoms with Crippen LogP contribution in [-0.2, 0) is 4.79 Å². The molecule has 6 nitrogen and oxygen atoms in total. The number of carbonyl (C=O) groups is 2. The van der Waals surface area contributed by atoms with E-state index >= 15 is 0 Å². The van der Waals surface area contributed by atoms with Gasteiger partial charge in [-0.3, -0.25) is 9.59 Å². The first-order chi connectivity index (χ1) is 13.2. The molecule has 0 unspecified atom stereocenters. The van der Waals surface area contributed by atoms with Gasteiger partial charge in [-0.1, -0.05) is 12.1 Å². The number of rotatable bonds is 6. The van der Waals surface area contributed by atoms with E-state index in [9.17, 15) is 9.59 Å². The minimum atomic E-state index is -0.125. The van der Waals surface area contributed by atoms with Gasteiger partial charge in [0.2, 0.25) is 5.91 Å². The van der Waals surface area contributed by atoms with E-state index in [2.05, 4.69) is 5.32 Å². The largest absolute Gasteiger partial charge is 0.494 e. The molecule has 1 saturated heterocycles. The highest BCUT2D eigenvalue weighted by Gasteiger charge is 2.25. The highest BCUT2D eigenvalue weighted by atomic mass is 16.5. The van der Waals surface area contributed by atoms with Crippen molar-refractivity contribution in [3.05, 3.63) is 60.1 Å². The Balaban J connectivity index is 1.44. The molecule has 2 amide bonds. The third-order valence-electron chi connectivity index (χ3n) is 4.48. The van der Waals surface area contributed by atoms with E-state index in [-0.39, 0.29) is 17.9 Å². The summed E-state index contributed by atoms with van der Waals surface area (Å²) >= 11 is 0. The molecular formula is C21H24N2O4. The zero-order valence-electron chi connectivity index (χ0n) is 15.4. The van der Waals surface area contributed by atoms with E-state index in [4.69, 9.17) is 9.15 Å². The fourth-order valence-electron chi connectivity index (χ4n) is 3.05. The number of hydrogen-bond donors (Lipinski definition) is 1. The Bertz CT molecular complexity index is 773. The van der Waals surface area contributed by atoms with Crippen molar-refractivity contribution in [3.63, 3.8) is 0 Å². The summed E-state index contributed by atoms with van der Waals surface area (Å²) in [7, 11) is 0. The van der Waals surface area contributed by atoms with Crippen LogP contribution in [0.4, 0.5) is 0 Å². The van der Waals surface area contributed by atoms with Crippen molar-refractivity contribution in [2.24, 2.45) is 0 Å². The molecule has 27 heavy (non-hydrogen) atoms. The van der Waals surface area contributed by atoms with E-state index < -0.39 is 0 Å². The number of piperidine rings is 1. The lowest BCUT2D eigenvalue weighted by atomic mass is 10.0. The van der Waals surface area contributed by atoms with Gasteiger partial charge in [0.05, 0.1) is 12.9 Å². The molecule has 142 valence electrons. The van der Waals surface area contributed by atoms with Crippen molar-refractivity contribution >= 4 is 17.9 Å². The maximum absolute atomic E-state index is 12.2. The minimum absolute atomic E-state index is 0.0723. The van der Waals surface area contributed by atoms with Gasteiger partial charge >= 0.3 is 0 Å². The third kappa shape index (κ3) is 5.23. The first kappa shape index (κ1) is 18.8. The maximum atomic E-state index is 12.2. The third-order valence-corrected chi connectivity index (χ3v) is 4.48. The van der Waals surface area contributed by atoms with Crippen LogP contribution < -0.4 is 10.1 Å². The number of benzene rings is 1. The van der Waals surface area contributed by atoms with Gasteiger partial charge in [-0.05, 0) is 55.7 Å². The van der Waals surface area contributed by atoms with Gasteiger partial charge in [-0.15, -0.1) is 0 Å². The maximum Gasteiger partial charge on any atom is 0.289 e. The molecule has 1 aliphatic rings. The average Bonchev–Trinajstić information content (AvgIpc) is 3.23. The number of carbonyl (C=O) groups excluding carboxylic acids is 2. The Morgan fingerprint density at radius 1 is 1.22 bits per heavy atom. The van der Waals surface area contributed by atoms with Crippen LogP contribution in [0.2, 0.25) is 0 Å². The molecule has 0 saturated carbocycles. The number of furan rings is 1. The Morgan fingerprint density at radius 3 is 2.59 bits per heavy atom.